The molecule has 0 bridgehead atoms. The number of carbonyl (C=O) groups excluding carboxylic acids is 1. The van der Waals surface area contributed by atoms with Gasteiger partial charge in [-0.15, -0.1) is 0 Å². The normalized spacial score (nSPS) is 11.2. The summed E-state index contributed by atoms with van der Waals surface area (Å²) in [5.74, 6) is 0.0584. The van der Waals surface area contributed by atoms with Gasteiger partial charge >= 0.3 is 0 Å². The zero-order valence-corrected chi connectivity index (χ0v) is 14.7. The fourth-order valence-electron chi connectivity index (χ4n) is 1.70. The lowest BCUT2D eigenvalue weighted by molar-refractivity contribution is -0.123. The lowest BCUT2D eigenvalue weighted by atomic mass is 10.1. The topological polar surface area (TPSA) is 76.7 Å². The van der Waals surface area contributed by atoms with Crippen molar-refractivity contribution in [2.75, 3.05) is 12.3 Å². The van der Waals surface area contributed by atoms with Gasteiger partial charge in [0.15, 0.2) is 6.61 Å². The van der Waals surface area contributed by atoms with Crippen LogP contribution < -0.4 is 15.9 Å². The van der Waals surface area contributed by atoms with Crippen molar-refractivity contribution in [3.05, 3.63) is 57.5 Å². The number of carbonyl (C=O) groups is 1. The van der Waals surface area contributed by atoms with Gasteiger partial charge in [0.2, 0.25) is 0 Å². The van der Waals surface area contributed by atoms with Crippen LogP contribution in [0.3, 0.4) is 0 Å². The Balaban J connectivity index is 1.89. The summed E-state index contributed by atoms with van der Waals surface area (Å²) in [7, 11) is 0. The first kappa shape index (κ1) is 17.3. The number of hydrogen-bond donors (Lipinski definition) is 2. The fourth-order valence-corrected chi connectivity index (χ4v) is 2.43. The molecule has 5 nitrogen and oxygen atoms in total. The van der Waals surface area contributed by atoms with Gasteiger partial charge in [0, 0.05) is 10.2 Å². The Bertz CT molecular complexity index is 733. The van der Waals surface area contributed by atoms with Crippen molar-refractivity contribution in [2.45, 2.75) is 6.92 Å². The summed E-state index contributed by atoms with van der Waals surface area (Å²) < 4.78 is 6.19. The standard InChI is InChI=1S/C16H15BrClN3O2/c1-10(11-2-5-13(19)6-3-11)20-21-16(22)9-23-15-7-4-12(17)8-14(15)18/h2-8H,9,19H2,1H3,(H,21,22). The number of nitrogens with zero attached hydrogens (tertiary/aromatic N) is 1. The van der Waals surface area contributed by atoms with Crippen molar-refractivity contribution in [3.8, 4) is 5.75 Å². The quantitative estimate of drug-likeness (QED) is 0.460. The molecule has 0 aliphatic heterocycles. The number of ether oxygens (including phenoxy) is 1. The Morgan fingerprint density at radius 3 is 2.65 bits per heavy atom. The number of nitrogens with one attached hydrogen (secondary N) is 1. The first-order valence-electron chi connectivity index (χ1n) is 6.72. The highest BCUT2D eigenvalue weighted by molar-refractivity contribution is 9.10. The molecular formula is C16H15BrClN3O2. The van der Waals surface area contributed by atoms with E-state index in [1.165, 1.54) is 0 Å². The van der Waals surface area contributed by atoms with Crippen molar-refractivity contribution in [1.82, 2.24) is 5.43 Å². The molecule has 0 atom stereocenters. The van der Waals surface area contributed by atoms with Crippen LogP contribution in [0.5, 0.6) is 5.75 Å². The molecule has 0 unspecified atom stereocenters. The molecule has 120 valence electrons. The number of rotatable bonds is 5. The van der Waals surface area contributed by atoms with Gasteiger partial charge in [-0.25, -0.2) is 5.43 Å². The number of nitrogens with two attached hydrogens (primary N) is 1. The van der Waals surface area contributed by atoms with Crippen LogP contribution in [0.1, 0.15) is 12.5 Å². The molecule has 0 spiro atoms. The molecule has 0 radical (unpaired) electrons. The molecule has 2 rings (SSSR count). The Kier molecular flexibility index (Phi) is 6.01. The summed E-state index contributed by atoms with van der Waals surface area (Å²) in [4.78, 5) is 11.8. The van der Waals surface area contributed by atoms with Gasteiger partial charge < -0.3 is 10.5 Å². The number of anilines is 1. The molecule has 0 aliphatic rings. The third kappa shape index (κ3) is 5.26. The van der Waals surface area contributed by atoms with Gasteiger partial charge in [-0.1, -0.05) is 39.7 Å². The Morgan fingerprint density at radius 1 is 1.30 bits per heavy atom. The Hall–Kier alpha value is -2.05. The van der Waals surface area contributed by atoms with Crippen LogP contribution in [0.2, 0.25) is 5.02 Å². The lowest BCUT2D eigenvalue weighted by Crippen LogP contribution is -2.25. The van der Waals surface area contributed by atoms with Gasteiger partial charge in [0.25, 0.3) is 5.91 Å². The highest BCUT2D eigenvalue weighted by Crippen LogP contribution is 2.27. The molecule has 3 N–H and O–H groups in total. The molecule has 0 heterocycles. The van der Waals surface area contributed by atoms with Crippen LogP contribution in [0.15, 0.2) is 52.0 Å². The van der Waals surface area contributed by atoms with Crippen LogP contribution in [-0.2, 0) is 4.79 Å². The number of halogens is 2. The van der Waals surface area contributed by atoms with Crippen LogP contribution in [-0.4, -0.2) is 18.2 Å². The molecule has 23 heavy (non-hydrogen) atoms. The van der Waals surface area contributed by atoms with E-state index in [4.69, 9.17) is 22.1 Å². The molecule has 0 aromatic heterocycles. The van der Waals surface area contributed by atoms with E-state index in [9.17, 15) is 4.79 Å². The van der Waals surface area contributed by atoms with E-state index < -0.39 is 0 Å². The Morgan fingerprint density at radius 2 is 2.00 bits per heavy atom. The lowest BCUT2D eigenvalue weighted by Gasteiger charge is -2.07. The number of hydrazone groups is 1. The number of nitrogen functional groups attached to an aromatic ring is 1. The van der Waals surface area contributed by atoms with Gasteiger partial charge in [0.1, 0.15) is 5.75 Å². The molecule has 2 aromatic carbocycles. The number of hydrogen-bond acceptors (Lipinski definition) is 4. The van der Waals surface area contributed by atoms with Gasteiger partial charge in [-0.3, -0.25) is 4.79 Å². The molecule has 2 aromatic rings. The highest BCUT2D eigenvalue weighted by atomic mass is 79.9. The molecule has 0 saturated carbocycles. The average Bonchev–Trinajstić information content (AvgIpc) is 2.52. The van der Waals surface area contributed by atoms with Crippen LogP contribution >= 0.6 is 27.5 Å². The maximum Gasteiger partial charge on any atom is 0.277 e. The third-order valence-electron chi connectivity index (χ3n) is 2.93. The summed E-state index contributed by atoms with van der Waals surface area (Å²) in [5.41, 5.74) is 10.3. The SMILES string of the molecule is CC(=NNC(=O)COc1ccc(Br)cc1Cl)c1ccc(N)cc1. The van der Waals surface area contributed by atoms with E-state index in [-0.39, 0.29) is 12.5 Å². The van der Waals surface area contributed by atoms with Gasteiger partial charge in [0.05, 0.1) is 10.7 Å². The van der Waals surface area contributed by atoms with E-state index in [1.807, 2.05) is 12.1 Å². The van der Waals surface area contributed by atoms with E-state index in [0.717, 1.165) is 10.0 Å². The molecular weight excluding hydrogens is 382 g/mol. The van der Waals surface area contributed by atoms with E-state index >= 15 is 0 Å². The highest BCUT2D eigenvalue weighted by Gasteiger charge is 2.06. The minimum atomic E-state index is -0.376. The second-order valence-corrected chi connectivity index (χ2v) is 6.04. The van der Waals surface area contributed by atoms with Crippen molar-refractivity contribution in [3.63, 3.8) is 0 Å². The van der Waals surface area contributed by atoms with Crippen molar-refractivity contribution in [2.24, 2.45) is 5.10 Å². The van der Waals surface area contributed by atoms with Crippen LogP contribution in [0.4, 0.5) is 5.69 Å². The maximum absolute atomic E-state index is 11.8. The predicted molar refractivity (Wildman–Crippen MR) is 95.9 cm³/mol. The second-order valence-electron chi connectivity index (χ2n) is 4.72. The third-order valence-corrected chi connectivity index (χ3v) is 3.72. The summed E-state index contributed by atoms with van der Waals surface area (Å²) in [5, 5.41) is 4.45. The summed E-state index contributed by atoms with van der Waals surface area (Å²) in [6.45, 7) is 1.61. The number of benzene rings is 2. The van der Waals surface area contributed by atoms with Gasteiger partial charge in [-0.2, -0.15) is 5.10 Å². The van der Waals surface area contributed by atoms with Crippen molar-refractivity contribution >= 4 is 44.8 Å². The average molecular weight is 397 g/mol. The monoisotopic (exact) mass is 395 g/mol. The maximum atomic E-state index is 11.8. The summed E-state index contributed by atoms with van der Waals surface area (Å²) in [6, 6.07) is 12.4. The van der Waals surface area contributed by atoms with Crippen molar-refractivity contribution in [1.29, 1.82) is 0 Å². The molecule has 1 amide bonds. The minimum Gasteiger partial charge on any atom is -0.482 e. The second kappa shape index (κ2) is 7.99. The largest absolute Gasteiger partial charge is 0.482 e. The fraction of sp³-hybridized carbons (Fsp3) is 0.125. The van der Waals surface area contributed by atoms with Crippen LogP contribution in [0, 0.1) is 0 Å². The minimum absolute atomic E-state index is 0.181. The smallest absolute Gasteiger partial charge is 0.277 e. The van der Waals surface area contributed by atoms with E-state index in [2.05, 4.69) is 26.5 Å². The zero-order valence-electron chi connectivity index (χ0n) is 12.3. The van der Waals surface area contributed by atoms with E-state index in [0.29, 0.717) is 22.2 Å². The van der Waals surface area contributed by atoms with E-state index in [1.54, 1.807) is 37.3 Å². The summed E-state index contributed by atoms with van der Waals surface area (Å²) in [6.07, 6.45) is 0. The molecule has 7 heteroatoms. The first-order chi connectivity index (χ1) is 11.0. The Labute approximate surface area is 147 Å². The molecule has 0 aliphatic carbocycles. The predicted octanol–water partition coefficient (Wildman–Crippen LogP) is 3.60. The van der Waals surface area contributed by atoms with Crippen LogP contribution in [0.25, 0.3) is 0 Å². The number of amides is 1. The molecule has 0 fully saturated rings. The molecule has 0 saturated heterocycles. The zero-order chi connectivity index (χ0) is 16.8. The van der Waals surface area contributed by atoms with Gasteiger partial charge in [-0.05, 0) is 42.8 Å². The van der Waals surface area contributed by atoms with Crippen molar-refractivity contribution < 1.29 is 9.53 Å². The summed E-state index contributed by atoms with van der Waals surface area (Å²) >= 11 is 9.31. The first-order valence-corrected chi connectivity index (χ1v) is 7.89.